The highest BCUT2D eigenvalue weighted by Gasteiger charge is 2.12. The number of nitrogen functional groups attached to an aromatic ring is 1. The molecule has 0 fully saturated rings. The van der Waals surface area contributed by atoms with E-state index in [2.05, 4.69) is 15.1 Å². The number of halogens is 2. The van der Waals surface area contributed by atoms with Gasteiger partial charge in [0.05, 0.1) is 0 Å². The first-order chi connectivity index (χ1) is 10.1. The average molecular weight is 305 g/mol. The lowest BCUT2D eigenvalue weighted by Crippen LogP contribution is -1.94. The van der Waals surface area contributed by atoms with Crippen molar-refractivity contribution in [2.45, 2.75) is 6.42 Å². The molecule has 1 aromatic carbocycles. The molecule has 2 aromatic heterocycles. The normalized spacial score (nSPS) is 10.8. The highest BCUT2D eigenvalue weighted by molar-refractivity contribution is 6.31. The van der Waals surface area contributed by atoms with Crippen LogP contribution in [0, 0.1) is 5.82 Å². The number of nitrogens with zero attached hydrogens (tertiary/aromatic N) is 3. The summed E-state index contributed by atoms with van der Waals surface area (Å²) >= 11 is 5.97. The van der Waals surface area contributed by atoms with Crippen LogP contribution in [0.3, 0.4) is 0 Å². The molecule has 0 aliphatic carbocycles. The van der Waals surface area contributed by atoms with Gasteiger partial charge >= 0.3 is 0 Å². The topological polar surface area (TPSA) is 77.8 Å². The summed E-state index contributed by atoms with van der Waals surface area (Å²) in [6.07, 6.45) is 0.338. The predicted molar refractivity (Wildman–Crippen MR) is 76.2 cm³/mol. The van der Waals surface area contributed by atoms with E-state index < -0.39 is 0 Å². The van der Waals surface area contributed by atoms with Crippen LogP contribution in [0.4, 0.5) is 10.2 Å². The van der Waals surface area contributed by atoms with Crippen LogP contribution in [-0.2, 0) is 6.42 Å². The quantitative estimate of drug-likeness (QED) is 0.804. The first-order valence-corrected chi connectivity index (χ1v) is 6.49. The van der Waals surface area contributed by atoms with Crippen molar-refractivity contribution < 1.29 is 8.91 Å². The van der Waals surface area contributed by atoms with Gasteiger partial charge in [-0.05, 0) is 29.8 Å². The maximum atomic E-state index is 13.0. The molecule has 21 heavy (non-hydrogen) atoms. The van der Waals surface area contributed by atoms with Crippen molar-refractivity contribution in [3.63, 3.8) is 0 Å². The number of aromatic nitrogens is 3. The van der Waals surface area contributed by atoms with E-state index in [0.717, 1.165) is 0 Å². The second kappa shape index (κ2) is 5.49. The summed E-state index contributed by atoms with van der Waals surface area (Å²) < 4.78 is 18.1. The minimum absolute atomic E-state index is 0.274. The van der Waals surface area contributed by atoms with E-state index in [4.69, 9.17) is 21.9 Å². The number of pyridine rings is 1. The molecule has 3 aromatic rings. The fraction of sp³-hybridized carbons (Fsp3) is 0.0714. The lowest BCUT2D eigenvalue weighted by molar-refractivity contribution is 0.422. The van der Waals surface area contributed by atoms with Crippen molar-refractivity contribution in [3.05, 3.63) is 58.6 Å². The van der Waals surface area contributed by atoms with Crippen LogP contribution in [-0.4, -0.2) is 15.1 Å². The summed E-state index contributed by atoms with van der Waals surface area (Å²) in [6.45, 7) is 0. The van der Waals surface area contributed by atoms with E-state index in [0.29, 0.717) is 34.3 Å². The first-order valence-electron chi connectivity index (χ1n) is 6.11. The summed E-state index contributed by atoms with van der Waals surface area (Å²) in [4.78, 5) is 8.33. The molecular weight excluding hydrogens is 295 g/mol. The number of hydrogen-bond acceptors (Lipinski definition) is 5. The van der Waals surface area contributed by atoms with E-state index in [-0.39, 0.29) is 11.7 Å². The molecule has 106 valence electrons. The van der Waals surface area contributed by atoms with E-state index in [9.17, 15) is 4.39 Å². The van der Waals surface area contributed by atoms with Crippen molar-refractivity contribution in [1.82, 2.24) is 15.1 Å². The van der Waals surface area contributed by atoms with Crippen LogP contribution in [0.1, 0.15) is 11.4 Å². The van der Waals surface area contributed by atoms with Gasteiger partial charge in [-0.15, -0.1) is 0 Å². The molecule has 0 aliphatic heterocycles. The minimum atomic E-state index is -0.387. The van der Waals surface area contributed by atoms with Crippen molar-refractivity contribution in [2.24, 2.45) is 0 Å². The van der Waals surface area contributed by atoms with Crippen LogP contribution in [0.25, 0.3) is 11.6 Å². The third kappa shape index (κ3) is 3.00. The van der Waals surface area contributed by atoms with Crippen LogP contribution < -0.4 is 5.73 Å². The van der Waals surface area contributed by atoms with Crippen molar-refractivity contribution >= 4 is 17.4 Å². The Bertz CT molecular complexity index is 790. The Morgan fingerprint density at radius 1 is 1.19 bits per heavy atom. The maximum Gasteiger partial charge on any atom is 0.276 e. The third-order valence-corrected chi connectivity index (χ3v) is 3.17. The van der Waals surface area contributed by atoms with Gasteiger partial charge in [-0.25, -0.2) is 9.37 Å². The minimum Gasteiger partial charge on any atom is -0.384 e. The summed E-state index contributed by atoms with van der Waals surface area (Å²) in [5.41, 5.74) is 6.82. The zero-order valence-electron chi connectivity index (χ0n) is 10.8. The Balaban J connectivity index is 1.85. The fourth-order valence-corrected chi connectivity index (χ4v) is 2.07. The zero-order valence-corrected chi connectivity index (χ0v) is 11.5. The molecule has 0 atom stereocenters. The number of hydrogen-bond donors (Lipinski definition) is 1. The smallest absolute Gasteiger partial charge is 0.276 e. The second-order valence-corrected chi connectivity index (χ2v) is 4.78. The lowest BCUT2D eigenvalue weighted by Gasteiger charge is -2.00. The van der Waals surface area contributed by atoms with Crippen molar-refractivity contribution in [1.29, 1.82) is 0 Å². The Morgan fingerprint density at radius 2 is 2.05 bits per heavy atom. The van der Waals surface area contributed by atoms with Gasteiger partial charge in [0.15, 0.2) is 5.82 Å². The molecule has 0 amide bonds. The molecule has 0 unspecified atom stereocenters. The molecule has 2 N–H and O–H groups in total. The van der Waals surface area contributed by atoms with Gasteiger partial charge in [0, 0.05) is 11.4 Å². The van der Waals surface area contributed by atoms with Gasteiger partial charge in [-0.1, -0.05) is 28.9 Å². The monoisotopic (exact) mass is 304 g/mol. The Kier molecular flexibility index (Phi) is 3.53. The lowest BCUT2D eigenvalue weighted by atomic mass is 10.1. The van der Waals surface area contributed by atoms with E-state index >= 15 is 0 Å². The maximum absolute atomic E-state index is 13.0. The van der Waals surface area contributed by atoms with Crippen LogP contribution in [0.2, 0.25) is 5.02 Å². The van der Waals surface area contributed by atoms with Crippen LogP contribution in [0.5, 0.6) is 0 Å². The molecule has 0 aliphatic rings. The Morgan fingerprint density at radius 3 is 2.81 bits per heavy atom. The zero-order chi connectivity index (χ0) is 14.8. The third-order valence-electron chi connectivity index (χ3n) is 2.82. The van der Waals surface area contributed by atoms with E-state index in [1.807, 2.05) is 0 Å². The van der Waals surface area contributed by atoms with Gasteiger partial charge in [-0.3, -0.25) is 0 Å². The van der Waals surface area contributed by atoms with Crippen molar-refractivity contribution in [3.8, 4) is 11.6 Å². The van der Waals surface area contributed by atoms with Gasteiger partial charge in [0.2, 0.25) is 0 Å². The standard InChI is InChI=1S/C14H10ClFN4O/c15-10-7-9(16)5-4-8(10)6-13-19-14(21-20-13)11-2-1-3-12(17)18-11/h1-5,7H,6H2,(H2,17,18). The Labute approximate surface area is 124 Å². The largest absolute Gasteiger partial charge is 0.384 e. The molecule has 3 rings (SSSR count). The van der Waals surface area contributed by atoms with E-state index in [1.54, 1.807) is 24.3 Å². The molecule has 5 nitrogen and oxygen atoms in total. The van der Waals surface area contributed by atoms with Crippen LogP contribution >= 0.6 is 11.6 Å². The predicted octanol–water partition coefficient (Wildman–Crippen LogP) is 3.10. The second-order valence-electron chi connectivity index (χ2n) is 4.38. The van der Waals surface area contributed by atoms with Crippen molar-refractivity contribution in [2.75, 3.05) is 5.73 Å². The molecule has 7 heteroatoms. The summed E-state index contributed by atoms with van der Waals surface area (Å²) in [6, 6.07) is 9.31. The number of anilines is 1. The average Bonchev–Trinajstić information content (AvgIpc) is 2.91. The van der Waals surface area contributed by atoms with Gasteiger partial charge in [0.1, 0.15) is 17.3 Å². The molecule has 0 radical (unpaired) electrons. The Hall–Kier alpha value is -2.47. The molecule has 0 spiro atoms. The summed E-state index contributed by atoms with van der Waals surface area (Å²) in [5, 5.41) is 4.18. The number of rotatable bonds is 3. The summed E-state index contributed by atoms with van der Waals surface area (Å²) in [5.74, 6) is 0.689. The van der Waals surface area contributed by atoms with E-state index in [1.165, 1.54) is 12.1 Å². The highest BCUT2D eigenvalue weighted by atomic mass is 35.5. The number of benzene rings is 1. The number of nitrogens with two attached hydrogens (primary N) is 1. The van der Waals surface area contributed by atoms with Gasteiger partial charge in [-0.2, -0.15) is 4.98 Å². The molecule has 2 heterocycles. The molecule has 0 bridgehead atoms. The van der Waals surface area contributed by atoms with Gasteiger partial charge in [0.25, 0.3) is 5.89 Å². The molecule has 0 saturated carbocycles. The first kappa shape index (κ1) is 13.5. The summed E-state index contributed by atoms with van der Waals surface area (Å²) in [7, 11) is 0. The van der Waals surface area contributed by atoms with Crippen LogP contribution in [0.15, 0.2) is 40.9 Å². The fourth-order valence-electron chi connectivity index (χ4n) is 1.84. The van der Waals surface area contributed by atoms with Gasteiger partial charge < -0.3 is 10.3 Å². The highest BCUT2D eigenvalue weighted by Crippen LogP contribution is 2.21. The molecular formula is C14H10ClFN4O. The molecule has 0 saturated heterocycles. The SMILES string of the molecule is Nc1cccc(-c2nc(Cc3ccc(F)cc3Cl)no2)n1.